The van der Waals surface area contributed by atoms with Gasteiger partial charge in [-0.15, -0.1) is 11.8 Å². The normalized spacial score (nSPS) is 21.1. The second kappa shape index (κ2) is 8.58. The summed E-state index contributed by atoms with van der Waals surface area (Å²) >= 11 is 1.75. The second-order valence-corrected chi connectivity index (χ2v) is 7.23. The molecule has 2 aliphatic heterocycles. The molecule has 136 valence electrons. The molecule has 1 aromatic rings. The van der Waals surface area contributed by atoms with Gasteiger partial charge in [-0.05, 0) is 37.6 Å². The summed E-state index contributed by atoms with van der Waals surface area (Å²) in [6, 6.07) is 7.20. The Balaban J connectivity index is 1.58. The number of hydrogen-bond acceptors (Lipinski definition) is 5. The molecule has 2 saturated heterocycles. The van der Waals surface area contributed by atoms with E-state index in [4.69, 9.17) is 4.74 Å². The highest BCUT2D eigenvalue weighted by atomic mass is 32.2. The summed E-state index contributed by atoms with van der Waals surface area (Å²) in [7, 11) is 0. The van der Waals surface area contributed by atoms with Gasteiger partial charge in [-0.3, -0.25) is 14.9 Å². The van der Waals surface area contributed by atoms with Gasteiger partial charge in [-0.25, -0.2) is 0 Å². The molecule has 0 saturated carbocycles. The van der Waals surface area contributed by atoms with E-state index in [1.54, 1.807) is 23.9 Å². The highest BCUT2D eigenvalue weighted by Gasteiger charge is 2.29. The molecular weight excluding hydrogens is 338 g/mol. The van der Waals surface area contributed by atoms with E-state index in [-0.39, 0.29) is 17.9 Å². The van der Waals surface area contributed by atoms with Gasteiger partial charge >= 0.3 is 0 Å². The number of rotatable bonds is 4. The molecule has 1 unspecified atom stereocenters. The molecule has 2 heterocycles. The van der Waals surface area contributed by atoms with E-state index >= 15 is 0 Å². The van der Waals surface area contributed by atoms with Crippen molar-refractivity contribution in [3.05, 3.63) is 29.8 Å². The minimum Gasteiger partial charge on any atom is -0.494 e. The van der Waals surface area contributed by atoms with Gasteiger partial charge in [0.1, 0.15) is 5.75 Å². The molecule has 2 amide bonds. The first-order chi connectivity index (χ1) is 12.2. The van der Waals surface area contributed by atoms with Crippen LogP contribution in [0.2, 0.25) is 0 Å². The number of carbonyl (C=O) groups excluding carboxylic acids is 2. The molecule has 0 bridgehead atoms. The fourth-order valence-electron chi connectivity index (χ4n) is 3.16. The van der Waals surface area contributed by atoms with E-state index in [0.29, 0.717) is 31.8 Å². The summed E-state index contributed by atoms with van der Waals surface area (Å²) in [4.78, 5) is 29.0. The number of benzene rings is 1. The van der Waals surface area contributed by atoms with Crippen LogP contribution in [-0.2, 0) is 4.79 Å². The molecule has 7 heteroatoms. The van der Waals surface area contributed by atoms with Crippen LogP contribution in [-0.4, -0.2) is 72.1 Å². The molecule has 1 N–H and O–H groups in total. The van der Waals surface area contributed by atoms with E-state index in [0.717, 1.165) is 30.3 Å². The minimum atomic E-state index is -0.0710. The predicted octanol–water partition coefficient (Wildman–Crippen LogP) is 1.42. The van der Waals surface area contributed by atoms with Crippen molar-refractivity contribution in [1.82, 2.24) is 15.1 Å². The Morgan fingerprint density at radius 2 is 1.88 bits per heavy atom. The monoisotopic (exact) mass is 363 g/mol. The summed E-state index contributed by atoms with van der Waals surface area (Å²) in [6.45, 7) is 5.13. The third-order valence-corrected chi connectivity index (χ3v) is 5.46. The summed E-state index contributed by atoms with van der Waals surface area (Å²) in [5, 5.41) is 3.23. The van der Waals surface area contributed by atoms with Crippen molar-refractivity contribution in [3.8, 4) is 5.75 Å². The van der Waals surface area contributed by atoms with Crippen LogP contribution < -0.4 is 10.1 Å². The highest BCUT2D eigenvalue weighted by molar-refractivity contribution is 7.99. The van der Waals surface area contributed by atoms with Gasteiger partial charge in [-0.2, -0.15) is 0 Å². The lowest BCUT2D eigenvalue weighted by Gasteiger charge is -2.24. The van der Waals surface area contributed by atoms with Crippen molar-refractivity contribution >= 4 is 23.6 Å². The molecule has 0 radical (unpaired) electrons. The van der Waals surface area contributed by atoms with Crippen LogP contribution in [0.1, 0.15) is 23.7 Å². The second-order valence-electron chi connectivity index (χ2n) is 6.20. The average Bonchev–Trinajstić information content (AvgIpc) is 3.06. The van der Waals surface area contributed by atoms with Crippen molar-refractivity contribution in [2.24, 2.45) is 0 Å². The standard InChI is InChI=1S/C18H25N3O3S/c1-2-24-15-6-4-14(5-7-15)17(22)20-8-3-9-21(11-10-20)18(23)16-12-25-13-19-16/h4-7,16,19H,2-3,8-13H2,1H3. The van der Waals surface area contributed by atoms with Crippen LogP contribution in [0.15, 0.2) is 24.3 Å². The SMILES string of the molecule is CCOc1ccc(C(=O)N2CCCN(C(=O)C3CSCN3)CC2)cc1. The Hall–Kier alpha value is -1.73. The molecule has 0 aromatic heterocycles. The van der Waals surface area contributed by atoms with E-state index in [1.807, 2.05) is 28.9 Å². The Morgan fingerprint density at radius 1 is 1.16 bits per heavy atom. The lowest BCUT2D eigenvalue weighted by molar-refractivity contribution is -0.132. The highest BCUT2D eigenvalue weighted by Crippen LogP contribution is 2.16. The Bertz CT molecular complexity index is 602. The molecule has 2 aliphatic rings. The first-order valence-corrected chi connectivity index (χ1v) is 9.96. The molecule has 0 spiro atoms. The lowest BCUT2D eigenvalue weighted by Crippen LogP contribution is -2.46. The van der Waals surface area contributed by atoms with Crippen LogP contribution in [0.25, 0.3) is 0 Å². The maximum Gasteiger partial charge on any atom is 0.253 e. The average molecular weight is 363 g/mol. The van der Waals surface area contributed by atoms with Crippen molar-refractivity contribution in [2.75, 3.05) is 44.4 Å². The molecular formula is C18H25N3O3S. The van der Waals surface area contributed by atoms with Gasteiger partial charge in [0.15, 0.2) is 0 Å². The van der Waals surface area contributed by atoms with Gasteiger partial charge in [-0.1, -0.05) is 0 Å². The first kappa shape index (κ1) is 18.1. The molecule has 6 nitrogen and oxygen atoms in total. The maximum atomic E-state index is 12.7. The quantitative estimate of drug-likeness (QED) is 0.877. The first-order valence-electron chi connectivity index (χ1n) is 8.81. The van der Waals surface area contributed by atoms with Crippen molar-refractivity contribution < 1.29 is 14.3 Å². The van der Waals surface area contributed by atoms with Crippen molar-refractivity contribution in [2.45, 2.75) is 19.4 Å². The minimum absolute atomic E-state index is 0.0203. The largest absolute Gasteiger partial charge is 0.494 e. The van der Waals surface area contributed by atoms with Gasteiger partial charge in [0.05, 0.1) is 12.6 Å². The maximum absolute atomic E-state index is 12.7. The third-order valence-electron chi connectivity index (χ3n) is 4.52. The zero-order valence-corrected chi connectivity index (χ0v) is 15.4. The van der Waals surface area contributed by atoms with Crippen LogP contribution in [0.5, 0.6) is 5.75 Å². The van der Waals surface area contributed by atoms with Crippen molar-refractivity contribution in [3.63, 3.8) is 0 Å². The Morgan fingerprint density at radius 3 is 2.56 bits per heavy atom. The van der Waals surface area contributed by atoms with Crippen LogP contribution in [0, 0.1) is 0 Å². The molecule has 3 rings (SSSR count). The van der Waals surface area contributed by atoms with Crippen LogP contribution in [0.4, 0.5) is 0 Å². The summed E-state index contributed by atoms with van der Waals surface area (Å²) in [5.41, 5.74) is 0.664. The summed E-state index contributed by atoms with van der Waals surface area (Å²) < 4.78 is 5.42. The zero-order valence-electron chi connectivity index (χ0n) is 14.6. The Kier molecular flexibility index (Phi) is 6.20. The van der Waals surface area contributed by atoms with E-state index in [9.17, 15) is 9.59 Å². The number of nitrogens with one attached hydrogen (secondary N) is 1. The van der Waals surface area contributed by atoms with E-state index in [1.165, 1.54) is 0 Å². The van der Waals surface area contributed by atoms with Gasteiger partial charge in [0.2, 0.25) is 5.91 Å². The molecule has 1 aromatic carbocycles. The van der Waals surface area contributed by atoms with E-state index < -0.39 is 0 Å². The molecule has 0 aliphatic carbocycles. The Labute approximate surface area is 152 Å². The number of carbonyl (C=O) groups is 2. The molecule has 25 heavy (non-hydrogen) atoms. The van der Waals surface area contributed by atoms with Crippen LogP contribution >= 0.6 is 11.8 Å². The van der Waals surface area contributed by atoms with Gasteiger partial charge in [0, 0.05) is 43.4 Å². The smallest absolute Gasteiger partial charge is 0.253 e. The fraction of sp³-hybridized carbons (Fsp3) is 0.556. The number of hydrogen-bond donors (Lipinski definition) is 1. The number of nitrogens with zero attached hydrogens (tertiary/aromatic N) is 2. The summed E-state index contributed by atoms with van der Waals surface area (Å²) in [6.07, 6.45) is 0.814. The molecule has 1 atom stereocenters. The molecule has 2 fully saturated rings. The van der Waals surface area contributed by atoms with Crippen LogP contribution in [0.3, 0.4) is 0 Å². The predicted molar refractivity (Wildman–Crippen MR) is 99.0 cm³/mol. The zero-order chi connectivity index (χ0) is 17.6. The van der Waals surface area contributed by atoms with Gasteiger partial charge in [0.25, 0.3) is 5.91 Å². The summed E-state index contributed by atoms with van der Waals surface area (Å²) in [5.74, 6) is 2.64. The lowest BCUT2D eigenvalue weighted by atomic mass is 10.2. The van der Waals surface area contributed by atoms with Gasteiger partial charge < -0.3 is 14.5 Å². The number of thioether (sulfide) groups is 1. The van der Waals surface area contributed by atoms with E-state index in [2.05, 4.69) is 5.32 Å². The topological polar surface area (TPSA) is 61.9 Å². The number of amides is 2. The van der Waals surface area contributed by atoms with Crippen molar-refractivity contribution in [1.29, 1.82) is 0 Å². The third kappa shape index (κ3) is 4.46. The number of ether oxygens (including phenoxy) is 1. The fourth-order valence-corrected chi connectivity index (χ4v) is 4.09.